The van der Waals surface area contributed by atoms with Crippen LogP contribution < -0.4 is 0 Å². The molecular weight excluding hydrogens is 255 g/mol. The summed E-state index contributed by atoms with van der Waals surface area (Å²) in [6.45, 7) is 4.77. The first-order chi connectivity index (χ1) is 9.70. The van der Waals surface area contributed by atoms with E-state index in [1.807, 2.05) is 11.0 Å². The van der Waals surface area contributed by atoms with Crippen molar-refractivity contribution in [2.75, 3.05) is 32.7 Å². The second-order valence-corrected chi connectivity index (χ2v) is 5.93. The van der Waals surface area contributed by atoms with Gasteiger partial charge in [-0.05, 0) is 36.5 Å². The summed E-state index contributed by atoms with van der Waals surface area (Å²) in [6, 6.07) is 6.32. The Bertz CT molecular complexity index is 479. The molecule has 0 aromatic heterocycles. The molecule has 1 saturated carbocycles. The van der Waals surface area contributed by atoms with Gasteiger partial charge in [-0.3, -0.25) is 9.69 Å². The molecule has 0 unspecified atom stereocenters. The molecule has 1 aliphatic carbocycles. The predicted molar refractivity (Wildman–Crippen MR) is 75.8 cm³/mol. The van der Waals surface area contributed by atoms with Crippen LogP contribution in [0.15, 0.2) is 24.3 Å². The molecule has 108 valence electrons. The standard InChI is InChI=1S/C16H21FN2O/c17-15-3-1-2-14(10-15)11-16(20)19-8-6-18(7-9-19)12-13-4-5-13/h1-3,10,13H,4-9,11-12H2. The Morgan fingerprint density at radius 2 is 1.95 bits per heavy atom. The monoisotopic (exact) mass is 276 g/mol. The van der Waals surface area contributed by atoms with Gasteiger partial charge in [-0.1, -0.05) is 12.1 Å². The van der Waals surface area contributed by atoms with E-state index in [2.05, 4.69) is 4.90 Å². The van der Waals surface area contributed by atoms with E-state index in [4.69, 9.17) is 0 Å². The highest BCUT2D eigenvalue weighted by Gasteiger charge is 2.27. The molecule has 2 fully saturated rings. The minimum atomic E-state index is -0.274. The zero-order valence-corrected chi connectivity index (χ0v) is 11.7. The van der Waals surface area contributed by atoms with Crippen molar-refractivity contribution in [1.29, 1.82) is 0 Å². The number of nitrogens with zero attached hydrogens (tertiary/aromatic N) is 2. The van der Waals surface area contributed by atoms with Crippen molar-refractivity contribution >= 4 is 5.91 Å². The largest absolute Gasteiger partial charge is 0.340 e. The smallest absolute Gasteiger partial charge is 0.227 e. The van der Waals surface area contributed by atoms with Crippen LogP contribution in [0.25, 0.3) is 0 Å². The van der Waals surface area contributed by atoms with Crippen molar-refractivity contribution in [3.63, 3.8) is 0 Å². The molecule has 1 aliphatic heterocycles. The van der Waals surface area contributed by atoms with Gasteiger partial charge in [-0.25, -0.2) is 4.39 Å². The average Bonchev–Trinajstić information content (AvgIpc) is 3.23. The lowest BCUT2D eigenvalue weighted by molar-refractivity contribution is -0.132. The zero-order chi connectivity index (χ0) is 13.9. The molecule has 4 heteroatoms. The van der Waals surface area contributed by atoms with Crippen molar-refractivity contribution in [3.8, 4) is 0 Å². The lowest BCUT2D eigenvalue weighted by Crippen LogP contribution is -2.49. The quantitative estimate of drug-likeness (QED) is 0.839. The van der Waals surface area contributed by atoms with Crippen LogP contribution >= 0.6 is 0 Å². The first kappa shape index (κ1) is 13.6. The summed E-state index contributed by atoms with van der Waals surface area (Å²) in [5, 5.41) is 0. The summed E-state index contributed by atoms with van der Waals surface area (Å²) in [5.74, 6) is 0.746. The normalized spacial score (nSPS) is 20.1. The number of hydrogen-bond donors (Lipinski definition) is 0. The maximum absolute atomic E-state index is 13.1. The van der Waals surface area contributed by atoms with Gasteiger partial charge in [0, 0.05) is 32.7 Å². The average molecular weight is 276 g/mol. The van der Waals surface area contributed by atoms with Crippen LogP contribution in [0.3, 0.4) is 0 Å². The summed E-state index contributed by atoms with van der Waals surface area (Å²) in [6.07, 6.45) is 3.05. The van der Waals surface area contributed by atoms with E-state index in [-0.39, 0.29) is 11.7 Å². The molecule has 1 heterocycles. The van der Waals surface area contributed by atoms with E-state index < -0.39 is 0 Å². The topological polar surface area (TPSA) is 23.6 Å². The van der Waals surface area contributed by atoms with E-state index in [1.54, 1.807) is 6.07 Å². The second kappa shape index (κ2) is 5.92. The predicted octanol–water partition coefficient (Wildman–Crippen LogP) is 1.92. The molecule has 1 aromatic rings. The molecule has 1 amide bonds. The van der Waals surface area contributed by atoms with Gasteiger partial charge < -0.3 is 4.90 Å². The van der Waals surface area contributed by atoms with Crippen molar-refractivity contribution < 1.29 is 9.18 Å². The number of carbonyl (C=O) groups is 1. The lowest BCUT2D eigenvalue weighted by atomic mass is 10.1. The number of hydrogen-bond acceptors (Lipinski definition) is 2. The third kappa shape index (κ3) is 3.57. The summed E-state index contributed by atoms with van der Waals surface area (Å²) < 4.78 is 13.1. The minimum absolute atomic E-state index is 0.113. The van der Waals surface area contributed by atoms with Crippen LogP contribution in [0.1, 0.15) is 18.4 Å². The Labute approximate surface area is 119 Å². The second-order valence-electron chi connectivity index (χ2n) is 5.93. The van der Waals surface area contributed by atoms with Crippen molar-refractivity contribution in [2.45, 2.75) is 19.3 Å². The molecule has 0 atom stereocenters. The van der Waals surface area contributed by atoms with Crippen molar-refractivity contribution in [1.82, 2.24) is 9.80 Å². The van der Waals surface area contributed by atoms with Gasteiger partial charge >= 0.3 is 0 Å². The molecular formula is C16H21FN2O. The van der Waals surface area contributed by atoms with Crippen LogP contribution in [-0.2, 0) is 11.2 Å². The fourth-order valence-corrected chi connectivity index (χ4v) is 2.78. The first-order valence-corrected chi connectivity index (χ1v) is 7.45. The SMILES string of the molecule is O=C(Cc1cccc(F)c1)N1CCN(CC2CC2)CC1. The highest BCUT2D eigenvalue weighted by molar-refractivity contribution is 5.78. The fourth-order valence-electron chi connectivity index (χ4n) is 2.78. The molecule has 3 rings (SSSR count). The van der Waals surface area contributed by atoms with E-state index in [1.165, 1.54) is 31.5 Å². The number of amides is 1. The fraction of sp³-hybridized carbons (Fsp3) is 0.562. The molecule has 0 N–H and O–H groups in total. The maximum atomic E-state index is 13.1. The summed E-state index contributed by atoms with van der Waals surface area (Å²) in [5.41, 5.74) is 0.760. The van der Waals surface area contributed by atoms with E-state index in [0.29, 0.717) is 6.42 Å². The number of piperazine rings is 1. The summed E-state index contributed by atoms with van der Waals surface area (Å²) in [4.78, 5) is 16.6. The summed E-state index contributed by atoms with van der Waals surface area (Å²) in [7, 11) is 0. The minimum Gasteiger partial charge on any atom is -0.340 e. The molecule has 1 saturated heterocycles. The third-order valence-electron chi connectivity index (χ3n) is 4.18. The highest BCUT2D eigenvalue weighted by Crippen LogP contribution is 2.29. The third-order valence-corrected chi connectivity index (χ3v) is 4.18. The zero-order valence-electron chi connectivity index (χ0n) is 11.7. The Hall–Kier alpha value is -1.42. The van der Waals surface area contributed by atoms with Crippen LogP contribution in [0.2, 0.25) is 0 Å². The Kier molecular flexibility index (Phi) is 4.01. The van der Waals surface area contributed by atoms with E-state index in [0.717, 1.165) is 37.7 Å². The number of halogens is 1. The Balaban J connectivity index is 1.48. The molecule has 20 heavy (non-hydrogen) atoms. The van der Waals surface area contributed by atoms with Crippen molar-refractivity contribution in [3.05, 3.63) is 35.6 Å². The van der Waals surface area contributed by atoms with Gasteiger partial charge in [0.05, 0.1) is 6.42 Å². The van der Waals surface area contributed by atoms with Gasteiger partial charge in [-0.15, -0.1) is 0 Å². The molecule has 2 aliphatic rings. The van der Waals surface area contributed by atoms with Gasteiger partial charge in [0.1, 0.15) is 5.82 Å². The first-order valence-electron chi connectivity index (χ1n) is 7.45. The lowest BCUT2D eigenvalue weighted by Gasteiger charge is -2.34. The Morgan fingerprint density at radius 3 is 2.60 bits per heavy atom. The molecule has 3 nitrogen and oxygen atoms in total. The van der Waals surface area contributed by atoms with Crippen molar-refractivity contribution in [2.24, 2.45) is 5.92 Å². The number of rotatable bonds is 4. The maximum Gasteiger partial charge on any atom is 0.227 e. The molecule has 0 spiro atoms. The number of carbonyl (C=O) groups excluding carboxylic acids is 1. The summed E-state index contributed by atoms with van der Waals surface area (Å²) >= 11 is 0. The van der Waals surface area contributed by atoms with E-state index in [9.17, 15) is 9.18 Å². The molecule has 0 radical (unpaired) electrons. The number of benzene rings is 1. The van der Waals surface area contributed by atoms with Crippen LogP contribution in [0.5, 0.6) is 0 Å². The molecule has 1 aromatic carbocycles. The molecule has 0 bridgehead atoms. The van der Waals surface area contributed by atoms with Crippen LogP contribution in [0, 0.1) is 11.7 Å². The van der Waals surface area contributed by atoms with Gasteiger partial charge in [0.25, 0.3) is 0 Å². The van der Waals surface area contributed by atoms with Gasteiger partial charge in [0.2, 0.25) is 5.91 Å². The van der Waals surface area contributed by atoms with Gasteiger partial charge in [-0.2, -0.15) is 0 Å². The van der Waals surface area contributed by atoms with Gasteiger partial charge in [0.15, 0.2) is 0 Å². The van der Waals surface area contributed by atoms with Crippen LogP contribution in [0.4, 0.5) is 4.39 Å². The van der Waals surface area contributed by atoms with E-state index >= 15 is 0 Å². The van der Waals surface area contributed by atoms with Crippen LogP contribution in [-0.4, -0.2) is 48.4 Å². The highest BCUT2D eigenvalue weighted by atomic mass is 19.1. The Morgan fingerprint density at radius 1 is 1.20 bits per heavy atom.